The molecule has 1 unspecified atom stereocenters. The van der Waals surface area contributed by atoms with E-state index in [1.165, 1.54) is 0 Å². The first-order valence-corrected chi connectivity index (χ1v) is 9.91. The highest BCUT2D eigenvalue weighted by atomic mass is 79.9. The number of carbonyl (C=O) groups is 1. The fourth-order valence-corrected chi connectivity index (χ4v) is 3.38. The largest absolute Gasteiger partial charge is 0.340 e. The van der Waals surface area contributed by atoms with Crippen molar-refractivity contribution < 1.29 is 4.79 Å². The van der Waals surface area contributed by atoms with Crippen LogP contribution in [0.1, 0.15) is 33.2 Å². The van der Waals surface area contributed by atoms with Gasteiger partial charge in [-0.1, -0.05) is 56.8 Å². The molecule has 0 spiro atoms. The van der Waals surface area contributed by atoms with Gasteiger partial charge >= 0.3 is 0 Å². The molecule has 3 aromatic rings. The average Bonchev–Trinajstić information content (AvgIpc) is 2.64. The highest BCUT2D eigenvalue weighted by molar-refractivity contribution is 9.10. The van der Waals surface area contributed by atoms with Crippen molar-refractivity contribution in [3.63, 3.8) is 0 Å². The van der Waals surface area contributed by atoms with Gasteiger partial charge in [0.25, 0.3) is 5.91 Å². The van der Waals surface area contributed by atoms with Gasteiger partial charge in [0.15, 0.2) is 0 Å². The highest BCUT2D eigenvalue weighted by Crippen LogP contribution is 2.29. The van der Waals surface area contributed by atoms with E-state index >= 15 is 0 Å². The Balaban J connectivity index is 2.00. The second kappa shape index (κ2) is 8.61. The summed E-state index contributed by atoms with van der Waals surface area (Å²) in [5.41, 5.74) is 2.78. The number of aromatic nitrogens is 1. The van der Waals surface area contributed by atoms with Crippen LogP contribution in [0, 0.1) is 6.92 Å². The summed E-state index contributed by atoms with van der Waals surface area (Å²) in [6.45, 7) is 1.85. The molecule has 0 aliphatic carbocycles. The van der Waals surface area contributed by atoms with Crippen LogP contribution in [0.3, 0.4) is 0 Å². The molecule has 0 saturated carbocycles. The van der Waals surface area contributed by atoms with E-state index in [-0.39, 0.29) is 5.91 Å². The molecule has 0 radical (unpaired) electrons. The van der Waals surface area contributed by atoms with E-state index in [9.17, 15) is 4.79 Å². The van der Waals surface area contributed by atoms with Crippen LogP contribution in [0.25, 0.3) is 0 Å². The van der Waals surface area contributed by atoms with Crippen molar-refractivity contribution in [1.82, 2.24) is 10.3 Å². The minimum absolute atomic E-state index is 0.243. The lowest BCUT2D eigenvalue weighted by atomic mass is 10.0. The molecule has 1 heterocycles. The Morgan fingerprint density at radius 3 is 2.41 bits per heavy atom. The van der Waals surface area contributed by atoms with Gasteiger partial charge in [-0.2, -0.15) is 0 Å². The predicted octanol–water partition coefficient (Wildman–Crippen LogP) is 6.63. The molecule has 0 aliphatic rings. The molecule has 0 bridgehead atoms. The van der Waals surface area contributed by atoms with Crippen LogP contribution in [0.5, 0.6) is 0 Å². The predicted molar refractivity (Wildman–Crippen MR) is 114 cm³/mol. The van der Waals surface area contributed by atoms with Gasteiger partial charge in [0, 0.05) is 21.3 Å². The van der Waals surface area contributed by atoms with Crippen molar-refractivity contribution in [2.75, 3.05) is 0 Å². The zero-order valence-electron chi connectivity index (χ0n) is 14.1. The number of aryl methyl sites for hydroxylation is 1. The number of pyridine rings is 1. The van der Waals surface area contributed by atoms with Crippen LogP contribution in [0.4, 0.5) is 0 Å². The van der Waals surface area contributed by atoms with Crippen molar-refractivity contribution in [2.24, 2.45) is 0 Å². The first-order chi connectivity index (χ1) is 12.8. The van der Waals surface area contributed by atoms with Crippen molar-refractivity contribution in [3.05, 3.63) is 96.7 Å². The molecule has 7 heteroatoms. The molecule has 0 aliphatic heterocycles. The summed E-state index contributed by atoms with van der Waals surface area (Å²) < 4.78 is 0.856. The van der Waals surface area contributed by atoms with Gasteiger partial charge < -0.3 is 5.32 Å². The summed E-state index contributed by atoms with van der Waals surface area (Å²) in [5, 5.41) is 4.49. The lowest BCUT2D eigenvalue weighted by Crippen LogP contribution is -2.30. The molecule has 0 fully saturated rings. The first kappa shape index (κ1) is 20.2. The Bertz CT molecular complexity index is 1010. The molecular formula is C20H14BrCl3N2O. The Morgan fingerprint density at radius 1 is 1.00 bits per heavy atom. The Kier molecular flexibility index (Phi) is 6.43. The van der Waals surface area contributed by atoms with Gasteiger partial charge in [0.05, 0.1) is 21.8 Å². The van der Waals surface area contributed by atoms with Crippen LogP contribution in [-0.2, 0) is 0 Å². The number of carbonyl (C=O) groups excluding carboxylic acids is 1. The van der Waals surface area contributed by atoms with Crippen LogP contribution in [-0.4, -0.2) is 10.9 Å². The molecule has 1 atom stereocenters. The molecule has 1 N–H and O–H groups in total. The van der Waals surface area contributed by atoms with E-state index in [0.717, 1.165) is 15.6 Å². The molecule has 1 amide bonds. The van der Waals surface area contributed by atoms with E-state index in [1.54, 1.807) is 36.5 Å². The number of benzene rings is 2. The summed E-state index contributed by atoms with van der Waals surface area (Å²) in [6.07, 6.45) is 1.67. The number of halogens is 4. The topological polar surface area (TPSA) is 42.0 Å². The minimum Gasteiger partial charge on any atom is -0.340 e. The molecule has 138 valence electrons. The third kappa shape index (κ3) is 4.82. The summed E-state index contributed by atoms with van der Waals surface area (Å²) in [5.74, 6) is -0.243. The van der Waals surface area contributed by atoms with Crippen LogP contribution < -0.4 is 5.32 Å². The standard InChI is InChI=1S/C20H14BrCl3N2O/c1-11-8-13(3-4-15(11)22)20(27)26-19(18-10-14(21)6-7-25-18)12-2-5-16(23)17(24)9-12/h2-10,19H,1H3,(H,26,27). The number of rotatable bonds is 4. The van der Waals surface area contributed by atoms with Crippen LogP contribution in [0.2, 0.25) is 15.1 Å². The minimum atomic E-state index is -0.499. The van der Waals surface area contributed by atoms with Crippen LogP contribution in [0.15, 0.2) is 59.2 Å². The van der Waals surface area contributed by atoms with Gasteiger partial charge in [-0.3, -0.25) is 9.78 Å². The Hall–Kier alpha value is -1.59. The van der Waals surface area contributed by atoms with Crippen molar-refractivity contribution in [1.29, 1.82) is 0 Å². The van der Waals surface area contributed by atoms with Crippen LogP contribution >= 0.6 is 50.7 Å². The van der Waals surface area contributed by atoms with Crippen molar-refractivity contribution >= 4 is 56.6 Å². The van der Waals surface area contributed by atoms with Gasteiger partial charge in [-0.25, -0.2) is 0 Å². The third-order valence-electron chi connectivity index (χ3n) is 4.01. The SMILES string of the molecule is Cc1cc(C(=O)NC(c2ccc(Cl)c(Cl)c2)c2cc(Br)ccn2)ccc1Cl. The smallest absolute Gasteiger partial charge is 0.252 e. The maximum Gasteiger partial charge on any atom is 0.252 e. The van der Waals surface area contributed by atoms with Gasteiger partial charge in [-0.15, -0.1) is 0 Å². The summed E-state index contributed by atoms with van der Waals surface area (Å²) in [6, 6.07) is 13.5. The van der Waals surface area contributed by atoms with E-state index < -0.39 is 6.04 Å². The summed E-state index contributed by atoms with van der Waals surface area (Å²) in [4.78, 5) is 17.3. The van der Waals surface area contributed by atoms with E-state index in [2.05, 4.69) is 26.2 Å². The van der Waals surface area contributed by atoms with E-state index in [0.29, 0.717) is 26.3 Å². The zero-order chi connectivity index (χ0) is 19.6. The van der Waals surface area contributed by atoms with E-state index in [1.807, 2.05) is 25.1 Å². The summed E-state index contributed by atoms with van der Waals surface area (Å²) >= 11 is 21.7. The molecule has 0 saturated heterocycles. The molecular weight excluding hydrogens is 470 g/mol. The summed E-state index contributed by atoms with van der Waals surface area (Å²) in [7, 11) is 0. The van der Waals surface area contributed by atoms with Gasteiger partial charge in [0.1, 0.15) is 0 Å². The maximum absolute atomic E-state index is 12.8. The van der Waals surface area contributed by atoms with Gasteiger partial charge in [0.2, 0.25) is 0 Å². The van der Waals surface area contributed by atoms with E-state index in [4.69, 9.17) is 34.8 Å². The monoisotopic (exact) mass is 482 g/mol. The lowest BCUT2D eigenvalue weighted by Gasteiger charge is -2.20. The quantitative estimate of drug-likeness (QED) is 0.451. The molecule has 1 aromatic heterocycles. The zero-order valence-corrected chi connectivity index (χ0v) is 18.0. The lowest BCUT2D eigenvalue weighted by molar-refractivity contribution is 0.0942. The maximum atomic E-state index is 12.8. The molecule has 3 rings (SSSR count). The number of hydrogen-bond acceptors (Lipinski definition) is 2. The molecule has 27 heavy (non-hydrogen) atoms. The fourth-order valence-electron chi connectivity index (χ4n) is 2.60. The number of nitrogens with one attached hydrogen (secondary N) is 1. The number of nitrogens with zero attached hydrogens (tertiary/aromatic N) is 1. The van der Waals surface area contributed by atoms with Crippen molar-refractivity contribution in [2.45, 2.75) is 13.0 Å². The first-order valence-electron chi connectivity index (χ1n) is 7.98. The third-order valence-corrected chi connectivity index (χ3v) is 5.67. The fraction of sp³-hybridized carbons (Fsp3) is 0.100. The number of amides is 1. The Morgan fingerprint density at radius 2 is 1.74 bits per heavy atom. The molecule has 3 nitrogen and oxygen atoms in total. The number of hydrogen-bond donors (Lipinski definition) is 1. The highest BCUT2D eigenvalue weighted by Gasteiger charge is 2.20. The normalized spacial score (nSPS) is 11.9. The van der Waals surface area contributed by atoms with Gasteiger partial charge in [-0.05, 0) is 60.5 Å². The van der Waals surface area contributed by atoms with Crippen molar-refractivity contribution in [3.8, 4) is 0 Å². The second-order valence-electron chi connectivity index (χ2n) is 5.94. The Labute approximate surface area is 180 Å². The average molecular weight is 485 g/mol. The molecule has 2 aromatic carbocycles. The second-order valence-corrected chi connectivity index (χ2v) is 8.08.